The van der Waals surface area contributed by atoms with E-state index >= 15 is 0 Å². The van der Waals surface area contributed by atoms with Gasteiger partial charge in [-0.05, 0) is 93.3 Å². The van der Waals surface area contributed by atoms with E-state index in [1.54, 1.807) is 28.6 Å². The number of allylic oxidation sites excluding steroid dienone is 1. The quantitative estimate of drug-likeness (QED) is 0.534. The number of fused-ring (bicyclic) bond motifs is 1. The minimum atomic E-state index is -3.61. The van der Waals surface area contributed by atoms with Gasteiger partial charge in [0.25, 0.3) is 0 Å². The summed E-state index contributed by atoms with van der Waals surface area (Å²) in [5, 5.41) is 9.52. The van der Waals surface area contributed by atoms with Gasteiger partial charge >= 0.3 is 5.97 Å². The smallest absolute Gasteiger partial charge is 0.323 e. The second-order valence-corrected chi connectivity index (χ2v) is 12.6. The number of ether oxygens (including phenoxy) is 1. The van der Waals surface area contributed by atoms with Crippen LogP contribution in [0.3, 0.4) is 0 Å². The molecule has 2 aliphatic carbocycles. The van der Waals surface area contributed by atoms with E-state index in [0.717, 1.165) is 30.5 Å². The third-order valence-electron chi connectivity index (χ3n) is 7.86. The summed E-state index contributed by atoms with van der Waals surface area (Å²) in [4.78, 5) is 11.9. The molecule has 7 nitrogen and oxygen atoms in total. The average Bonchev–Trinajstić information content (AvgIpc) is 3.59. The van der Waals surface area contributed by atoms with E-state index < -0.39 is 16.0 Å². The molecular weight excluding hydrogens is 476 g/mol. The molecule has 2 aromatic rings. The molecule has 1 saturated heterocycles. The van der Waals surface area contributed by atoms with Crippen LogP contribution in [0, 0.1) is 5.92 Å². The fourth-order valence-electron chi connectivity index (χ4n) is 6.15. The minimum absolute atomic E-state index is 0.0234. The standard InChI is InChI=1S/C28H36N2O5S/c1-19(2)35-23-8-10-24(11-9-23)36(33,34)30-14-13-22(16-30)26-17-29(18-28(31)32)27-15-21(7-12-25(26)27)20-5-3-4-6-20/h8-11,15,17,19-20,22H,3-7,12-14,16,18H2,1-2H3,(H,31,32). The fraction of sp³-hybridized carbons (Fsp3) is 0.536. The molecule has 1 aromatic carbocycles. The van der Waals surface area contributed by atoms with E-state index in [2.05, 4.69) is 6.08 Å². The molecule has 1 atom stereocenters. The van der Waals surface area contributed by atoms with Gasteiger partial charge in [0.05, 0.1) is 11.0 Å². The molecule has 1 saturated carbocycles. The molecule has 2 heterocycles. The number of hydrogen-bond acceptors (Lipinski definition) is 4. The summed E-state index contributed by atoms with van der Waals surface area (Å²) in [6, 6.07) is 6.63. The van der Waals surface area contributed by atoms with Gasteiger partial charge in [0.15, 0.2) is 0 Å². The number of carbonyl (C=O) groups is 1. The number of aliphatic carboxylic acids is 1. The Kier molecular flexibility index (Phi) is 7.01. The Balaban J connectivity index is 1.38. The summed E-state index contributed by atoms with van der Waals surface area (Å²) >= 11 is 0. The molecule has 2 fully saturated rings. The van der Waals surface area contributed by atoms with Crippen LogP contribution in [0.15, 0.2) is 40.9 Å². The predicted octanol–water partition coefficient (Wildman–Crippen LogP) is 5.06. The van der Waals surface area contributed by atoms with Crippen LogP contribution in [-0.4, -0.2) is 47.6 Å². The number of hydrogen-bond donors (Lipinski definition) is 1. The van der Waals surface area contributed by atoms with Gasteiger partial charge in [-0.2, -0.15) is 4.31 Å². The molecule has 36 heavy (non-hydrogen) atoms. The van der Waals surface area contributed by atoms with Gasteiger partial charge in [-0.3, -0.25) is 4.79 Å². The molecule has 0 bridgehead atoms. The first-order chi connectivity index (χ1) is 17.2. The predicted molar refractivity (Wildman–Crippen MR) is 139 cm³/mol. The van der Waals surface area contributed by atoms with Gasteiger partial charge in [-0.15, -0.1) is 0 Å². The van der Waals surface area contributed by atoms with E-state index in [9.17, 15) is 18.3 Å². The van der Waals surface area contributed by atoms with E-state index in [0.29, 0.717) is 24.8 Å². The van der Waals surface area contributed by atoms with Crippen molar-refractivity contribution in [2.45, 2.75) is 82.3 Å². The Bertz CT molecular complexity index is 1250. The molecule has 194 valence electrons. The normalized spacial score (nSPS) is 21.1. The number of sulfonamides is 1. The van der Waals surface area contributed by atoms with Crippen LogP contribution in [-0.2, 0) is 27.8 Å². The number of aromatic nitrogens is 1. The van der Waals surface area contributed by atoms with Crippen LogP contribution in [0.5, 0.6) is 5.75 Å². The van der Waals surface area contributed by atoms with E-state index in [4.69, 9.17) is 4.74 Å². The molecule has 1 N–H and O–H groups in total. The number of rotatable bonds is 8. The van der Waals surface area contributed by atoms with Gasteiger partial charge in [-0.1, -0.05) is 18.4 Å². The van der Waals surface area contributed by atoms with E-state index in [-0.39, 0.29) is 23.5 Å². The number of carboxylic acid groups (broad SMARTS) is 1. The molecule has 0 radical (unpaired) electrons. The van der Waals surface area contributed by atoms with Crippen molar-refractivity contribution in [2.24, 2.45) is 5.92 Å². The van der Waals surface area contributed by atoms with Crippen LogP contribution < -0.4 is 4.74 Å². The zero-order valence-electron chi connectivity index (χ0n) is 21.2. The highest BCUT2D eigenvalue weighted by atomic mass is 32.2. The van der Waals surface area contributed by atoms with Crippen molar-refractivity contribution in [3.63, 3.8) is 0 Å². The zero-order chi connectivity index (χ0) is 25.4. The van der Waals surface area contributed by atoms with Crippen LogP contribution in [0.25, 0.3) is 6.08 Å². The molecule has 3 aliphatic rings. The Labute approximate surface area is 213 Å². The molecule has 1 aliphatic heterocycles. The van der Waals surface area contributed by atoms with Gasteiger partial charge in [0.2, 0.25) is 10.0 Å². The zero-order valence-corrected chi connectivity index (χ0v) is 22.0. The number of carboxylic acids is 1. The largest absolute Gasteiger partial charge is 0.491 e. The molecule has 1 unspecified atom stereocenters. The van der Waals surface area contributed by atoms with Crippen molar-refractivity contribution in [3.8, 4) is 5.75 Å². The lowest BCUT2D eigenvalue weighted by Crippen LogP contribution is -2.28. The van der Waals surface area contributed by atoms with Gasteiger partial charge in [0, 0.05) is 30.9 Å². The lowest BCUT2D eigenvalue weighted by Gasteiger charge is -2.22. The molecule has 0 spiro atoms. The van der Waals surface area contributed by atoms with Crippen molar-refractivity contribution in [2.75, 3.05) is 13.1 Å². The van der Waals surface area contributed by atoms with Gasteiger partial charge in [-0.25, -0.2) is 8.42 Å². The van der Waals surface area contributed by atoms with Crippen LogP contribution in [0.1, 0.15) is 75.1 Å². The second kappa shape index (κ2) is 10.1. The second-order valence-electron chi connectivity index (χ2n) is 10.7. The minimum Gasteiger partial charge on any atom is -0.491 e. The molecular formula is C28H36N2O5S. The van der Waals surface area contributed by atoms with Crippen LogP contribution in [0.2, 0.25) is 0 Å². The van der Waals surface area contributed by atoms with Crippen molar-refractivity contribution in [3.05, 3.63) is 52.9 Å². The van der Waals surface area contributed by atoms with E-state index in [1.807, 2.05) is 24.6 Å². The third-order valence-corrected chi connectivity index (χ3v) is 9.74. The Morgan fingerprint density at radius 3 is 2.47 bits per heavy atom. The highest BCUT2D eigenvalue weighted by molar-refractivity contribution is 7.89. The van der Waals surface area contributed by atoms with Crippen molar-refractivity contribution >= 4 is 22.1 Å². The maximum atomic E-state index is 13.4. The maximum Gasteiger partial charge on any atom is 0.323 e. The first-order valence-corrected chi connectivity index (χ1v) is 14.6. The van der Waals surface area contributed by atoms with Crippen LogP contribution >= 0.6 is 0 Å². The lowest BCUT2D eigenvalue weighted by atomic mass is 9.84. The van der Waals surface area contributed by atoms with Crippen molar-refractivity contribution in [1.82, 2.24) is 8.87 Å². The van der Waals surface area contributed by atoms with Gasteiger partial charge < -0.3 is 14.4 Å². The third kappa shape index (κ3) is 4.98. The maximum absolute atomic E-state index is 13.4. The van der Waals surface area contributed by atoms with Crippen molar-refractivity contribution in [1.29, 1.82) is 0 Å². The summed E-state index contributed by atoms with van der Waals surface area (Å²) in [5.74, 6) is 0.480. The molecule has 1 aromatic heterocycles. The summed E-state index contributed by atoms with van der Waals surface area (Å²) in [6.45, 7) is 4.66. The number of benzene rings is 1. The highest BCUT2D eigenvalue weighted by Crippen LogP contribution is 2.42. The summed E-state index contributed by atoms with van der Waals surface area (Å²) in [5.41, 5.74) is 4.79. The molecule has 0 amide bonds. The first-order valence-electron chi connectivity index (χ1n) is 13.1. The monoisotopic (exact) mass is 512 g/mol. The average molecular weight is 513 g/mol. The van der Waals surface area contributed by atoms with Gasteiger partial charge in [0.1, 0.15) is 12.3 Å². The molecule has 5 rings (SSSR count). The Morgan fingerprint density at radius 2 is 1.81 bits per heavy atom. The highest BCUT2D eigenvalue weighted by Gasteiger charge is 2.36. The topological polar surface area (TPSA) is 88.8 Å². The SMILES string of the molecule is CC(C)Oc1ccc(S(=O)(=O)N2CCC(c3cn(CC(=O)O)c4c3CCC(C3CCCC3)=C4)C2)cc1. The van der Waals surface area contributed by atoms with E-state index in [1.165, 1.54) is 36.8 Å². The lowest BCUT2D eigenvalue weighted by molar-refractivity contribution is -0.137. The number of nitrogens with zero attached hydrogens (tertiary/aromatic N) is 2. The summed E-state index contributed by atoms with van der Waals surface area (Å²) in [6.07, 6.45) is 11.9. The Morgan fingerprint density at radius 1 is 1.08 bits per heavy atom. The summed E-state index contributed by atoms with van der Waals surface area (Å²) < 4.78 is 35.8. The Hall–Kier alpha value is -2.58. The van der Waals surface area contributed by atoms with Crippen molar-refractivity contribution < 1.29 is 23.1 Å². The molecule has 8 heteroatoms. The fourth-order valence-corrected chi connectivity index (χ4v) is 7.65. The van der Waals surface area contributed by atoms with Crippen LogP contribution in [0.4, 0.5) is 0 Å². The first kappa shape index (κ1) is 25.1. The summed E-state index contributed by atoms with van der Waals surface area (Å²) in [7, 11) is -3.61.